The highest BCUT2D eigenvalue weighted by atomic mass is 16.3. The van der Waals surface area contributed by atoms with Crippen molar-refractivity contribution in [3.63, 3.8) is 0 Å². The van der Waals surface area contributed by atoms with Gasteiger partial charge in [0.15, 0.2) is 11.6 Å². The van der Waals surface area contributed by atoms with Gasteiger partial charge in [-0.25, -0.2) is 0 Å². The smallest absolute Gasteiger partial charge is 0.167 e. The molecule has 118 valence electrons. The fourth-order valence-electron chi connectivity index (χ4n) is 3.12. The number of aliphatic hydroxyl groups is 1. The molecule has 0 spiro atoms. The molecule has 0 fully saturated rings. The first-order valence-corrected chi connectivity index (χ1v) is 7.66. The van der Waals surface area contributed by atoms with Gasteiger partial charge in [0.2, 0.25) is 0 Å². The molecule has 3 rings (SSSR count). The van der Waals surface area contributed by atoms with Crippen LogP contribution in [0.25, 0.3) is 16.7 Å². The van der Waals surface area contributed by atoms with Crippen LogP contribution in [0.2, 0.25) is 0 Å². The Labute approximate surface area is 134 Å². The van der Waals surface area contributed by atoms with Crippen LogP contribution in [0.15, 0.2) is 40.5 Å². The largest absolute Gasteiger partial charge is 0.512 e. The highest BCUT2D eigenvalue weighted by Crippen LogP contribution is 2.40. The van der Waals surface area contributed by atoms with Gasteiger partial charge in [0, 0.05) is 18.4 Å². The van der Waals surface area contributed by atoms with Crippen molar-refractivity contribution in [2.45, 2.75) is 33.1 Å². The minimum Gasteiger partial charge on any atom is -0.512 e. The predicted molar refractivity (Wildman–Crippen MR) is 87.3 cm³/mol. The number of benzene rings is 1. The van der Waals surface area contributed by atoms with Crippen LogP contribution in [0.3, 0.4) is 0 Å². The van der Waals surface area contributed by atoms with Crippen LogP contribution in [0, 0.1) is 0 Å². The fraction of sp³-hybridized carbons (Fsp3) is 0.263. The molecule has 0 atom stereocenters. The van der Waals surface area contributed by atoms with Crippen molar-refractivity contribution in [2.24, 2.45) is 0 Å². The van der Waals surface area contributed by atoms with Gasteiger partial charge < -0.3 is 9.52 Å². The lowest BCUT2D eigenvalue weighted by molar-refractivity contribution is -0.112. The summed E-state index contributed by atoms with van der Waals surface area (Å²) in [5, 5.41) is 9.95. The van der Waals surface area contributed by atoms with E-state index in [4.69, 9.17) is 4.42 Å². The molecular formula is C19H18O4. The molecule has 1 aromatic carbocycles. The Balaban J connectivity index is 2.35. The van der Waals surface area contributed by atoms with Crippen LogP contribution < -0.4 is 0 Å². The number of hydrogen-bond donors (Lipinski definition) is 1. The van der Waals surface area contributed by atoms with Gasteiger partial charge >= 0.3 is 0 Å². The lowest BCUT2D eigenvalue weighted by Gasteiger charge is -2.10. The number of furan rings is 1. The van der Waals surface area contributed by atoms with E-state index in [0.29, 0.717) is 35.5 Å². The number of allylic oxidation sites excluding steroid dienone is 2. The first-order chi connectivity index (χ1) is 11.0. The molecule has 0 aliphatic heterocycles. The van der Waals surface area contributed by atoms with Gasteiger partial charge in [-0.3, -0.25) is 9.59 Å². The second-order valence-corrected chi connectivity index (χ2v) is 5.76. The summed E-state index contributed by atoms with van der Waals surface area (Å²) < 4.78 is 5.89. The van der Waals surface area contributed by atoms with Crippen LogP contribution in [0.1, 0.15) is 48.6 Å². The molecule has 0 radical (unpaired) electrons. The summed E-state index contributed by atoms with van der Waals surface area (Å²) >= 11 is 0. The number of hydrogen-bond acceptors (Lipinski definition) is 4. The molecule has 23 heavy (non-hydrogen) atoms. The summed E-state index contributed by atoms with van der Waals surface area (Å²) in [6.07, 6.45) is 1.88. The first-order valence-electron chi connectivity index (χ1n) is 7.66. The van der Waals surface area contributed by atoms with Crippen molar-refractivity contribution < 1.29 is 19.1 Å². The topological polar surface area (TPSA) is 67.5 Å². The molecule has 1 aliphatic carbocycles. The van der Waals surface area contributed by atoms with E-state index in [1.165, 1.54) is 13.8 Å². The number of fused-ring (bicyclic) bond motifs is 1. The Morgan fingerprint density at radius 2 is 1.78 bits per heavy atom. The third kappa shape index (κ3) is 2.61. The van der Waals surface area contributed by atoms with Crippen LogP contribution in [0.4, 0.5) is 0 Å². The number of rotatable bonds is 3. The van der Waals surface area contributed by atoms with E-state index in [1.807, 2.05) is 30.3 Å². The van der Waals surface area contributed by atoms with Crippen LogP contribution in [-0.2, 0) is 11.2 Å². The van der Waals surface area contributed by atoms with Gasteiger partial charge in [0.05, 0.1) is 11.1 Å². The summed E-state index contributed by atoms with van der Waals surface area (Å²) in [6, 6.07) is 9.38. The van der Waals surface area contributed by atoms with E-state index >= 15 is 0 Å². The molecule has 1 N–H and O–H groups in total. The summed E-state index contributed by atoms with van der Waals surface area (Å²) in [6.45, 7) is 2.84. The van der Waals surface area contributed by atoms with Crippen LogP contribution in [-0.4, -0.2) is 16.7 Å². The highest BCUT2D eigenvalue weighted by Gasteiger charge is 2.32. The number of aryl methyl sites for hydroxylation is 1. The maximum Gasteiger partial charge on any atom is 0.167 e. The third-order valence-corrected chi connectivity index (χ3v) is 4.07. The van der Waals surface area contributed by atoms with Gasteiger partial charge in [-0.05, 0) is 25.8 Å². The lowest BCUT2D eigenvalue weighted by Crippen LogP contribution is -2.09. The molecule has 0 saturated carbocycles. The van der Waals surface area contributed by atoms with Crippen molar-refractivity contribution in [1.29, 1.82) is 0 Å². The molecule has 1 aliphatic rings. The predicted octanol–water partition coefficient (Wildman–Crippen LogP) is 4.34. The molecular weight excluding hydrogens is 292 g/mol. The van der Waals surface area contributed by atoms with Crippen molar-refractivity contribution >= 4 is 17.1 Å². The number of carbonyl (C=O) groups excluding carboxylic acids is 2. The van der Waals surface area contributed by atoms with Gasteiger partial charge in [-0.2, -0.15) is 0 Å². The van der Waals surface area contributed by atoms with Crippen LogP contribution >= 0.6 is 0 Å². The van der Waals surface area contributed by atoms with Crippen molar-refractivity contribution in [3.8, 4) is 11.1 Å². The molecule has 2 aromatic rings. The standard InChI is InChI=1S/C19H18O4/c1-11(20)16(12(2)21)19-17(13-7-4-3-5-8-13)18-14(22)9-6-10-15(18)23-19/h3-5,7-8,20H,6,9-10H2,1-2H3/b16-11+. The van der Waals surface area contributed by atoms with Crippen molar-refractivity contribution in [3.05, 3.63) is 53.2 Å². The molecule has 4 nitrogen and oxygen atoms in total. The Kier molecular flexibility index (Phi) is 3.90. The Morgan fingerprint density at radius 1 is 1.09 bits per heavy atom. The van der Waals surface area contributed by atoms with Gasteiger partial charge in [-0.1, -0.05) is 30.3 Å². The summed E-state index contributed by atoms with van der Waals surface area (Å²) in [4.78, 5) is 24.4. The summed E-state index contributed by atoms with van der Waals surface area (Å²) in [7, 11) is 0. The number of Topliss-reactive ketones (excluding diaryl/α,β-unsaturated/α-hetero) is 2. The quantitative estimate of drug-likeness (QED) is 0.676. The van der Waals surface area contributed by atoms with Crippen LogP contribution in [0.5, 0.6) is 0 Å². The second-order valence-electron chi connectivity index (χ2n) is 5.76. The van der Waals surface area contributed by atoms with E-state index in [2.05, 4.69) is 0 Å². The van der Waals surface area contributed by atoms with E-state index in [1.54, 1.807) is 0 Å². The molecule has 1 aromatic heterocycles. The summed E-state index contributed by atoms with van der Waals surface area (Å²) in [5.41, 5.74) is 2.11. The zero-order valence-electron chi connectivity index (χ0n) is 13.2. The molecule has 0 saturated heterocycles. The van der Waals surface area contributed by atoms with Gasteiger partial charge in [0.25, 0.3) is 0 Å². The van der Waals surface area contributed by atoms with Gasteiger partial charge in [0.1, 0.15) is 17.3 Å². The van der Waals surface area contributed by atoms with Gasteiger partial charge in [-0.15, -0.1) is 0 Å². The zero-order valence-corrected chi connectivity index (χ0v) is 13.2. The minimum atomic E-state index is -0.291. The second kappa shape index (κ2) is 5.88. The minimum absolute atomic E-state index is 0.0265. The maximum absolute atomic E-state index is 12.4. The van der Waals surface area contributed by atoms with E-state index in [9.17, 15) is 14.7 Å². The zero-order chi connectivity index (χ0) is 16.6. The molecule has 0 unspecified atom stereocenters. The van der Waals surface area contributed by atoms with E-state index < -0.39 is 0 Å². The third-order valence-electron chi connectivity index (χ3n) is 4.07. The number of carbonyl (C=O) groups is 2. The molecule has 1 heterocycles. The molecule has 0 amide bonds. The van der Waals surface area contributed by atoms with Crippen molar-refractivity contribution in [2.75, 3.05) is 0 Å². The van der Waals surface area contributed by atoms with Crippen molar-refractivity contribution in [1.82, 2.24) is 0 Å². The highest BCUT2D eigenvalue weighted by molar-refractivity contribution is 6.22. The monoisotopic (exact) mass is 310 g/mol. The molecule has 4 heteroatoms. The maximum atomic E-state index is 12.4. The Bertz CT molecular complexity index is 805. The SMILES string of the molecule is CC(=O)/C(=C(/C)O)c1oc2c(c1-c1ccccc1)C(=O)CCC2. The average Bonchev–Trinajstić information content (AvgIpc) is 2.87. The fourth-order valence-corrected chi connectivity index (χ4v) is 3.12. The summed E-state index contributed by atoms with van der Waals surface area (Å²) in [5.74, 6) is 0.534. The Hall–Kier alpha value is -2.62. The van der Waals surface area contributed by atoms with E-state index in [-0.39, 0.29) is 22.9 Å². The lowest BCUT2D eigenvalue weighted by atomic mass is 9.88. The normalized spacial score (nSPS) is 15.1. The number of aliphatic hydroxyl groups excluding tert-OH is 1. The average molecular weight is 310 g/mol. The Morgan fingerprint density at radius 3 is 2.39 bits per heavy atom. The molecule has 0 bridgehead atoms. The number of ketones is 2. The first kappa shape index (κ1) is 15.3. The van der Waals surface area contributed by atoms with E-state index in [0.717, 1.165) is 12.0 Å².